The van der Waals surface area contributed by atoms with Gasteiger partial charge in [0, 0.05) is 11.5 Å². The molecule has 0 saturated heterocycles. The summed E-state index contributed by atoms with van der Waals surface area (Å²) >= 11 is 0. The average molecular weight is 358 g/mol. The Kier molecular flexibility index (Phi) is 3.85. The molecular formula is C17H8F6O2. The summed E-state index contributed by atoms with van der Waals surface area (Å²) in [6.07, 6.45) is -9.83. The van der Waals surface area contributed by atoms with Crippen LogP contribution in [-0.4, -0.2) is 0 Å². The van der Waals surface area contributed by atoms with Gasteiger partial charge in [-0.15, -0.1) is 0 Å². The number of halogens is 6. The largest absolute Gasteiger partial charge is 0.423 e. The first-order valence-electron chi connectivity index (χ1n) is 6.88. The van der Waals surface area contributed by atoms with Gasteiger partial charge in [-0.3, -0.25) is 0 Å². The maximum atomic E-state index is 12.9. The molecular weight excluding hydrogens is 350 g/mol. The van der Waals surface area contributed by atoms with E-state index in [1.54, 1.807) is 0 Å². The van der Waals surface area contributed by atoms with Crippen molar-refractivity contribution >= 4 is 11.0 Å². The van der Waals surface area contributed by atoms with Crippen LogP contribution in [0.4, 0.5) is 26.3 Å². The van der Waals surface area contributed by atoms with E-state index >= 15 is 0 Å². The molecule has 2 aromatic carbocycles. The van der Waals surface area contributed by atoms with Crippen LogP contribution >= 0.6 is 0 Å². The standard InChI is InChI=1S/C17H8F6O2/c18-16(19,20)12-6-11(7-13(8-12)17(21,22)23)9-1-3-14-10(5-9)2-4-15(24)25-14/h1-8H. The molecule has 25 heavy (non-hydrogen) atoms. The third kappa shape index (κ3) is 3.52. The number of hydrogen-bond donors (Lipinski definition) is 0. The molecule has 0 spiro atoms. The molecule has 8 heteroatoms. The first-order valence-corrected chi connectivity index (χ1v) is 6.88. The van der Waals surface area contributed by atoms with Gasteiger partial charge in [-0.2, -0.15) is 26.3 Å². The zero-order chi connectivity index (χ0) is 18.4. The highest BCUT2D eigenvalue weighted by atomic mass is 19.4. The van der Waals surface area contributed by atoms with Crippen molar-refractivity contribution in [1.82, 2.24) is 0 Å². The molecule has 0 atom stereocenters. The van der Waals surface area contributed by atoms with Crippen molar-refractivity contribution in [3.63, 3.8) is 0 Å². The van der Waals surface area contributed by atoms with Gasteiger partial charge in [0.1, 0.15) is 5.58 Å². The van der Waals surface area contributed by atoms with E-state index in [0.29, 0.717) is 17.5 Å². The number of alkyl halides is 6. The molecule has 130 valence electrons. The minimum atomic E-state index is -4.92. The highest BCUT2D eigenvalue weighted by Crippen LogP contribution is 2.39. The first-order chi connectivity index (χ1) is 11.5. The second-order valence-corrected chi connectivity index (χ2v) is 5.30. The molecule has 3 aromatic rings. The van der Waals surface area contributed by atoms with E-state index in [1.807, 2.05) is 0 Å². The minimum absolute atomic E-state index is 0.0730. The van der Waals surface area contributed by atoms with Gasteiger partial charge >= 0.3 is 18.0 Å². The smallest absolute Gasteiger partial charge is 0.416 e. The van der Waals surface area contributed by atoms with E-state index in [9.17, 15) is 31.1 Å². The Hall–Kier alpha value is -2.77. The SMILES string of the molecule is O=c1ccc2cc(-c3cc(C(F)(F)F)cc(C(F)(F)F)c3)ccc2o1. The lowest BCUT2D eigenvalue weighted by molar-refractivity contribution is -0.143. The van der Waals surface area contributed by atoms with E-state index in [0.717, 1.165) is 6.07 Å². The predicted octanol–water partition coefficient (Wildman–Crippen LogP) is 5.50. The van der Waals surface area contributed by atoms with E-state index in [2.05, 4.69) is 0 Å². The maximum absolute atomic E-state index is 12.9. The Morgan fingerprint density at radius 1 is 0.680 bits per heavy atom. The fourth-order valence-corrected chi connectivity index (χ4v) is 2.37. The van der Waals surface area contributed by atoms with Crippen molar-refractivity contribution in [3.05, 3.63) is 70.1 Å². The number of rotatable bonds is 1. The molecule has 0 radical (unpaired) electrons. The summed E-state index contributed by atoms with van der Waals surface area (Å²) in [4.78, 5) is 11.1. The Bertz CT molecular complexity index is 966. The molecule has 0 aliphatic heterocycles. The number of hydrogen-bond acceptors (Lipinski definition) is 2. The van der Waals surface area contributed by atoms with Crippen molar-refractivity contribution in [2.75, 3.05) is 0 Å². The third-order valence-corrected chi connectivity index (χ3v) is 3.54. The topological polar surface area (TPSA) is 30.2 Å². The van der Waals surface area contributed by atoms with Gasteiger partial charge in [-0.05, 0) is 47.5 Å². The van der Waals surface area contributed by atoms with Gasteiger partial charge in [0.15, 0.2) is 0 Å². The minimum Gasteiger partial charge on any atom is -0.423 e. The summed E-state index contributed by atoms with van der Waals surface area (Å²) in [5.74, 6) is 0. The molecule has 0 fully saturated rings. The van der Waals surface area contributed by atoms with Crippen molar-refractivity contribution in [2.45, 2.75) is 12.4 Å². The molecule has 0 unspecified atom stereocenters. The number of benzene rings is 2. The fraction of sp³-hybridized carbons (Fsp3) is 0.118. The molecule has 0 saturated carbocycles. The van der Waals surface area contributed by atoms with Crippen molar-refractivity contribution in [2.24, 2.45) is 0 Å². The van der Waals surface area contributed by atoms with Gasteiger partial charge in [-0.1, -0.05) is 6.07 Å². The van der Waals surface area contributed by atoms with Crippen LogP contribution in [0.2, 0.25) is 0 Å². The zero-order valence-corrected chi connectivity index (χ0v) is 12.2. The first kappa shape index (κ1) is 17.1. The van der Waals surface area contributed by atoms with Crippen molar-refractivity contribution < 1.29 is 30.8 Å². The summed E-state index contributed by atoms with van der Waals surface area (Å²) in [6, 6.07) is 7.82. The van der Waals surface area contributed by atoms with Crippen LogP contribution in [0.3, 0.4) is 0 Å². The molecule has 0 aliphatic carbocycles. The lowest BCUT2D eigenvalue weighted by atomic mass is 9.98. The second-order valence-electron chi connectivity index (χ2n) is 5.30. The predicted molar refractivity (Wildman–Crippen MR) is 77.9 cm³/mol. The molecule has 1 aromatic heterocycles. The molecule has 0 amide bonds. The summed E-state index contributed by atoms with van der Waals surface area (Å²) < 4.78 is 82.5. The van der Waals surface area contributed by atoms with Gasteiger partial charge in [0.05, 0.1) is 11.1 Å². The number of fused-ring (bicyclic) bond motifs is 1. The monoisotopic (exact) mass is 358 g/mol. The Morgan fingerprint density at radius 2 is 1.28 bits per heavy atom. The highest BCUT2D eigenvalue weighted by Gasteiger charge is 2.37. The van der Waals surface area contributed by atoms with Crippen LogP contribution in [0.15, 0.2) is 57.7 Å². The average Bonchev–Trinajstić information content (AvgIpc) is 2.52. The van der Waals surface area contributed by atoms with Crippen molar-refractivity contribution in [1.29, 1.82) is 0 Å². The summed E-state index contributed by atoms with van der Waals surface area (Å²) in [5, 5.41) is 0.378. The molecule has 0 N–H and O–H groups in total. The van der Waals surface area contributed by atoms with E-state index in [-0.39, 0.29) is 22.8 Å². The summed E-state index contributed by atoms with van der Waals surface area (Å²) in [7, 11) is 0. The quantitative estimate of drug-likeness (QED) is 0.425. The van der Waals surface area contributed by atoms with Gasteiger partial charge in [0.2, 0.25) is 0 Å². The van der Waals surface area contributed by atoms with Crippen LogP contribution in [0.5, 0.6) is 0 Å². The second kappa shape index (κ2) is 5.65. The molecule has 1 heterocycles. The fourth-order valence-electron chi connectivity index (χ4n) is 2.37. The lowest BCUT2D eigenvalue weighted by Crippen LogP contribution is -2.11. The zero-order valence-electron chi connectivity index (χ0n) is 12.2. The third-order valence-electron chi connectivity index (χ3n) is 3.54. The van der Waals surface area contributed by atoms with Crippen LogP contribution in [0.25, 0.3) is 22.1 Å². The molecule has 0 bridgehead atoms. The van der Waals surface area contributed by atoms with E-state index in [4.69, 9.17) is 4.42 Å². The van der Waals surface area contributed by atoms with Crippen LogP contribution in [0, 0.1) is 0 Å². The summed E-state index contributed by atoms with van der Waals surface area (Å²) in [6.45, 7) is 0. The molecule has 0 aliphatic rings. The van der Waals surface area contributed by atoms with E-state index < -0.39 is 29.1 Å². The van der Waals surface area contributed by atoms with E-state index in [1.165, 1.54) is 24.3 Å². The Balaban J connectivity index is 2.22. The van der Waals surface area contributed by atoms with Crippen molar-refractivity contribution in [3.8, 4) is 11.1 Å². The summed E-state index contributed by atoms with van der Waals surface area (Å²) in [5.41, 5.74) is -3.32. The molecule has 2 nitrogen and oxygen atoms in total. The van der Waals surface area contributed by atoms with Gasteiger partial charge in [-0.25, -0.2) is 4.79 Å². The lowest BCUT2D eigenvalue weighted by Gasteiger charge is -2.14. The van der Waals surface area contributed by atoms with Crippen LogP contribution in [0.1, 0.15) is 11.1 Å². The normalized spacial score (nSPS) is 12.6. The van der Waals surface area contributed by atoms with Gasteiger partial charge in [0.25, 0.3) is 0 Å². The Labute approximate surface area is 136 Å². The highest BCUT2D eigenvalue weighted by molar-refractivity contribution is 5.83. The molecule has 3 rings (SSSR count). The van der Waals surface area contributed by atoms with Crippen LogP contribution in [-0.2, 0) is 12.4 Å². The Morgan fingerprint density at radius 3 is 1.84 bits per heavy atom. The van der Waals surface area contributed by atoms with Gasteiger partial charge < -0.3 is 4.42 Å². The van der Waals surface area contributed by atoms with Crippen LogP contribution < -0.4 is 5.63 Å². The maximum Gasteiger partial charge on any atom is 0.416 e.